The summed E-state index contributed by atoms with van der Waals surface area (Å²) in [5.74, 6) is 0.316. The van der Waals surface area contributed by atoms with E-state index in [9.17, 15) is 13.2 Å². The summed E-state index contributed by atoms with van der Waals surface area (Å²) in [5.41, 5.74) is 2.17. The first-order chi connectivity index (χ1) is 9.82. The van der Waals surface area contributed by atoms with Crippen LogP contribution in [0.1, 0.15) is 22.5 Å². The number of nitrogens with one attached hydrogen (secondary N) is 1. The minimum atomic E-state index is -4.37. The lowest BCUT2D eigenvalue weighted by atomic mass is 10.1. The molecule has 0 saturated carbocycles. The molecular formula is C15H16F3N3. The number of alkyl halides is 3. The van der Waals surface area contributed by atoms with E-state index >= 15 is 0 Å². The Bertz CT molecular complexity index is 628. The van der Waals surface area contributed by atoms with Crippen molar-refractivity contribution in [1.29, 1.82) is 0 Å². The molecule has 112 valence electrons. The van der Waals surface area contributed by atoms with Crippen molar-refractivity contribution < 1.29 is 13.2 Å². The highest BCUT2D eigenvalue weighted by Gasteiger charge is 2.30. The minimum absolute atomic E-state index is 0.316. The Balaban J connectivity index is 2.48. The Morgan fingerprint density at radius 3 is 2.24 bits per heavy atom. The zero-order chi connectivity index (χ0) is 15.6. The van der Waals surface area contributed by atoms with Crippen LogP contribution >= 0.6 is 0 Å². The number of rotatable bonds is 3. The lowest BCUT2D eigenvalue weighted by Gasteiger charge is -2.12. The summed E-state index contributed by atoms with van der Waals surface area (Å²) in [6.07, 6.45) is -4.37. The van der Waals surface area contributed by atoms with Gasteiger partial charge < -0.3 is 5.32 Å². The number of aryl methyl sites for hydroxylation is 2. The van der Waals surface area contributed by atoms with E-state index in [2.05, 4.69) is 15.3 Å². The number of hydrogen-bond acceptors (Lipinski definition) is 3. The highest BCUT2D eigenvalue weighted by Crippen LogP contribution is 2.31. The Hall–Kier alpha value is -1.95. The van der Waals surface area contributed by atoms with Crippen LogP contribution in [0.2, 0.25) is 0 Å². The van der Waals surface area contributed by atoms with E-state index in [-0.39, 0.29) is 0 Å². The topological polar surface area (TPSA) is 37.8 Å². The van der Waals surface area contributed by atoms with Crippen LogP contribution in [0.25, 0.3) is 11.4 Å². The summed E-state index contributed by atoms with van der Waals surface area (Å²) < 4.78 is 38.3. The quantitative estimate of drug-likeness (QED) is 0.941. The maximum Gasteiger partial charge on any atom is 0.416 e. The number of halogens is 3. The normalized spacial score (nSPS) is 11.7. The number of nitrogens with zero attached hydrogens (tertiary/aromatic N) is 2. The van der Waals surface area contributed by atoms with Gasteiger partial charge in [0, 0.05) is 29.1 Å². The Morgan fingerprint density at radius 1 is 1.10 bits per heavy atom. The van der Waals surface area contributed by atoms with Gasteiger partial charge >= 0.3 is 6.18 Å². The van der Waals surface area contributed by atoms with Gasteiger partial charge in [-0.2, -0.15) is 13.2 Å². The van der Waals surface area contributed by atoms with E-state index in [1.807, 2.05) is 20.9 Å². The number of hydrogen-bond donors (Lipinski definition) is 1. The number of benzene rings is 1. The Labute approximate surface area is 121 Å². The lowest BCUT2D eigenvalue weighted by molar-refractivity contribution is -0.137. The predicted octanol–water partition coefficient (Wildman–Crippen LogP) is 3.50. The molecule has 2 rings (SSSR count). The van der Waals surface area contributed by atoms with Crippen molar-refractivity contribution in [3.63, 3.8) is 0 Å². The molecular weight excluding hydrogens is 279 g/mol. The molecule has 0 aliphatic carbocycles. The molecule has 0 aliphatic heterocycles. The molecule has 6 heteroatoms. The molecule has 21 heavy (non-hydrogen) atoms. The van der Waals surface area contributed by atoms with Gasteiger partial charge in [-0.15, -0.1) is 0 Å². The first-order valence-electron chi connectivity index (χ1n) is 6.49. The standard InChI is InChI=1S/C15H16F3N3/c1-9-13(8-19-3)10(2)21-14(20-9)11-5-4-6-12(7-11)15(16,17)18/h4-7,19H,8H2,1-3H3. The van der Waals surface area contributed by atoms with Crippen LogP contribution in [0.5, 0.6) is 0 Å². The van der Waals surface area contributed by atoms with Gasteiger partial charge in [0.25, 0.3) is 0 Å². The van der Waals surface area contributed by atoms with Crippen molar-refractivity contribution in [3.8, 4) is 11.4 Å². The van der Waals surface area contributed by atoms with Crippen LogP contribution in [0.4, 0.5) is 13.2 Å². The summed E-state index contributed by atoms with van der Waals surface area (Å²) in [6, 6.07) is 5.07. The van der Waals surface area contributed by atoms with Crippen molar-refractivity contribution in [2.75, 3.05) is 7.05 Å². The lowest BCUT2D eigenvalue weighted by Crippen LogP contribution is -2.11. The Morgan fingerprint density at radius 2 is 1.71 bits per heavy atom. The third-order valence-corrected chi connectivity index (χ3v) is 3.22. The largest absolute Gasteiger partial charge is 0.416 e. The van der Waals surface area contributed by atoms with E-state index in [4.69, 9.17) is 0 Å². The van der Waals surface area contributed by atoms with E-state index < -0.39 is 11.7 Å². The third kappa shape index (κ3) is 3.39. The average molecular weight is 295 g/mol. The first kappa shape index (κ1) is 15.4. The molecule has 0 radical (unpaired) electrons. The summed E-state index contributed by atoms with van der Waals surface area (Å²) in [4.78, 5) is 8.66. The van der Waals surface area contributed by atoms with Crippen LogP contribution < -0.4 is 5.32 Å². The van der Waals surface area contributed by atoms with Crippen LogP contribution in [-0.2, 0) is 12.7 Å². The maximum atomic E-state index is 12.8. The second-order valence-corrected chi connectivity index (χ2v) is 4.81. The molecule has 1 aromatic carbocycles. The van der Waals surface area contributed by atoms with Crippen molar-refractivity contribution in [2.24, 2.45) is 0 Å². The SMILES string of the molecule is CNCc1c(C)nc(-c2cccc(C(F)(F)F)c2)nc1C. The van der Waals surface area contributed by atoms with E-state index in [0.29, 0.717) is 17.9 Å². The van der Waals surface area contributed by atoms with Crippen LogP contribution in [-0.4, -0.2) is 17.0 Å². The maximum absolute atomic E-state index is 12.8. The molecule has 1 aromatic heterocycles. The van der Waals surface area contributed by atoms with Gasteiger partial charge in [0.2, 0.25) is 0 Å². The Kier molecular flexibility index (Phi) is 4.27. The van der Waals surface area contributed by atoms with Gasteiger partial charge in [0.15, 0.2) is 5.82 Å². The number of aromatic nitrogens is 2. The summed E-state index contributed by atoms with van der Waals surface area (Å²) in [5, 5.41) is 3.03. The fourth-order valence-electron chi connectivity index (χ4n) is 2.14. The van der Waals surface area contributed by atoms with Crippen molar-refractivity contribution in [3.05, 3.63) is 46.8 Å². The molecule has 0 atom stereocenters. The predicted molar refractivity (Wildman–Crippen MR) is 74.7 cm³/mol. The summed E-state index contributed by atoms with van der Waals surface area (Å²) >= 11 is 0. The second kappa shape index (κ2) is 5.81. The molecule has 2 aromatic rings. The third-order valence-electron chi connectivity index (χ3n) is 3.22. The zero-order valence-corrected chi connectivity index (χ0v) is 12.0. The van der Waals surface area contributed by atoms with Crippen molar-refractivity contribution in [1.82, 2.24) is 15.3 Å². The highest BCUT2D eigenvalue weighted by atomic mass is 19.4. The van der Waals surface area contributed by atoms with Crippen molar-refractivity contribution >= 4 is 0 Å². The molecule has 0 aliphatic rings. The monoisotopic (exact) mass is 295 g/mol. The molecule has 1 N–H and O–H groups in total. The van der Waals surface area contributed by atoms with Crippen LogP contribution in [0.15, 0.2) is 24.3 Å². The average Bonchev–Trinajstić information content (AvgIpc) is 2.42. The van der Waals surface area contributed by atoms with Gasteiger partial charge in [-0.25, -0.2) is 9.97 Å². The fraction of sp³-hybridized carbons (Fsp3) is 0.333. The first-order valence-corrected chi connectivity index (χ1v) is 6.49. The van der Waals surface area contributed by atoms with Crippen LogP contribution in [0.3, 0.4) is 0 Å². The summed E-state index contributed by atoms with van der Waals surface area (Å²) in [6.45, 7) is 4.29. The fourth-order valence-corrected chi connectivity index (χ4v) is 2.14. The molecule has 0 bridgehead atoms. The molecule has 0 amide bonds. The van der Waals surface area contributed by atoms with E-state index in [1.165, 1.54) is 6.07 Å². The molecule has 0 spiro atoms. The molecule has 3 nitrogen and oxygen atoms in total. The molecule has 0 fully saturated rings. The smallest absolute Gasteiger partial charge is 0.316 e. The highest BCUT2D eigenvalue weighted by molar-refractivity contribution is 5.57. The molecule has 1 heterocycles. The summed E-state index contributed by atoms with van der Waals surface area (Å²) in [7, 11) is 1.82. The minimum Gasteiger partial charge on any atom is -0.316 e. The van der Waals surface area contributed by atoms with Gasteiger partial charge in [0.05, 0.1) is 5.56 Å². The van der Waals surface area contributed by atoms with Crippen molar-refractivity contribution in [2.45, 2.75) is 26.6 Å². The molecule has 0 unspecified atom stereocenters. The van der Waals surface area contributed by atoms with Crippen LogP contribution in [0, 0.1) is 13.8 Å². The van der Waals surface area contributed by atoms with E-state index in [0.717, 1.165) is 29.1 Å². The molecule has 0 saturated heterocycles. The second-order valence-electron chi connectivity index (χ2n) is 4.81. The van der Waals surface area contributed by atoms with Gasteiger partial charge in [-0.1, -0.05) is 12.1 Å². The van der Waals surface area contributed by atoms with Gasteiger partial charge in [0.1, 0.15) is 0 Å². The van der Waals surface area contributed by atoms with E-state index in [1.54, 1.807) is 6.07 Å². The zero-order valence-electron chi connectivity index (χ0n) is 12.0. The van der Waals surface area contributed by atoms with Gasteiger partial charge in [-0.05, 0) is 33.0 Å². The van der Waals surface area contributed by atoms with Gasteiger partial charge in [-0.3, -0.25) is 0 Å².